The average Bonchev–Trinajstić information content (AvgIpc) is 3.29. The molecule has 0 aliphatic rings. The lowest BCUT2D eigenvalue weighted by atomic mass is 10.1. The highest BCUT2D eigenvalue weighted by molar-refractivity contribution is 6.74. The van der Waals surface area contributed by atoms with Crippen molar-refractivity contribution in [2.75, 3.05) is 26.4 Å². The van der Waals surface area contributed by atoms with Crippen molar-refractivity contribution in [3.63, 3.8) is 0 Å². The molecule has 0 N–H and O–H groups in total. The highest BCUT2D eigenvalue weighted by Crippen LogP contribution is 2.36. The molecule has 0 amide bonds. The van der Waals surface area contributed by atoms with Crippen molar-refractivity contribution < 1.29 is 13.9 Å². The first-order valence-corrected chi connectivity index (χ1v) is 15.7. The maximum atomic E-state index is 6.22. The van der Waals surface area contributed by atoms with Gasteiger partial charge in [0.2, 0.25) is 0 Å². The molecule has 2 heterocycles. The van der Waals surface area contributed by atoms with Gasteiger partial charge in [0, 0.05) is 12.0 Å². The number of aromatic nitrogens is 3. The molecule has 4 rings (SSSR count). The van der Waals surface area contributed by atoms with E-state index in [1.807, 2.05) is 43.7 Å². The summed E-state index contributed by atoms with van der Waals surface area (Å²) in [5.41, 5.74) is 4.21. The Morgan fingerprint density at radius 2 is 1.69 bits per heavy atom. The molecule has 2 aromatic carbocycles. The lowest BCUT2D eigenvalue weighted by Crippen LogP contribution is -2.41. The van der Waals surface area contributed by atoms with Gasteiger partial charge in [-0.3, -0.25) is 4.98 Å². The van der Waals surface area contributed by atoms with Crippen LogP contribution < -0.4 is 4.74 Å². The summed E-state index contributed by atoms with van der Waals surface area (Å²) in [7, 11) is -1.75. The standard InChI is InChI=1S/C29H39N3O3Si/c1-7-33-20-23(32-21-31-27-19-30-26-11-9-8-10-25(26)28(27)32)18-22-12-14-24(15-13-22)34-16-17-35-36(5,6)29(2,3)4/h8-15,19,21,23H,7,16-18,20H2,1-6H3. The molecule has 1 unspecified atom stereocenters. The summed E-state index contributed by atoms with van der Waals surface area (Å²) in [5, 5.41) is 1.31. The third kappa shape index (κ3) is 5.97. The van der Waals surface area contributed by atoms with Gasteiger partial charge in [-0.1, -0.05) is 51.1 Å². The molecule has 0 aliphatic heterocycles. The van der Waals surface area contributed by atoms with E-state index in [0.29, 0.717) is 26.4 Å². The van der Waals surface area contributed by atoms with Gasteiger partial charge in [0.15, 0.2) is 8.32 Å². The number of nitrogens with zero attached hydrogens (tertiary/aromatic N) is 3. The van der Waals surface area contributed by atoms with Crippen molar-refractivity contribution in [3.05, 3.63) is 66.6 Å². The van der Waals surface area contributed by atoms with Crippen LogP contribution in [0.25, 0.3) is 21.9 Å². The number of pyridine rings is 1. The van der Waals surface area contributed by atoms with E-state index >= 15 is 0 Å². The maximum absolute atomic E-state index is 6.22. The first-order valence-electron chi connectivity index (χ1n) is 12.8. The zero-order valence-electron chi connectivity index (χ0n) is 22.5. The fraction of sp³-hybridized carbons (Fsp3) is 0.448. The van der Waals surface area contributed by atoms with Crippen molar-refractivity contribution in [1.29, 1.82) is 0 Å². The predicted octanol–water partition coefficient (Wildman–Crippen LogP) is 6.81. The average molecular weight is 506 g/mol. The van der Waals surface area contributed by atoms with E-state index in [1.54, 1.807) is 0 Å². The van der Waals surface area contributed by atoms with E-state index in [-0.39, 0.29) is 11.1 Å². The first-order chi connectivity index (χ1) is 17.2. The number of ether oxygens (including phenoxy) is 2. The van der Waals surface area contributed by atoms with E-state index in [4.69, 9.17) is 13.9 Å². The molecule has 0 aliphatic carbocycles. The van der Waals surface area contributed by atoms with Crippen LogP contribution in [-0.2, 0) is 15.6 Å². The van der Waals surface area contributed by atoms with Gasteiger partial charge in [0.1, 0.15) is 17.9 Å². The molecule has 4 aromatic rings. The normalized spacial score (nSPS) is 13.4. The van der Waals surface area contributed by atoms with Crippen LogP contribution in [0.2, 0.25) is 18.1 Å². The highest BCUT2D eigenvalue weighted by Gasteiger charge is 2.36. The van der Waals surface area contributed by atoms with Gasteiger partial charge in [-0.25, -0.2) is 4.98 Å². The minimum Gasteiger partial charge on any atom is -0.491 e. The fourth-order valence-electron chi connectivity index (χ4n) is 4.10. The lowest BCUT2D eigenvalue weighted by molar-refractivity contribution is 0.114. The van der Waals surface area contributed by atoms with Crippen LogP contribution in [0.3, 0.4) is 0 Å². The minimum atomic E-state index is -1.75. The highest BCUT2D eigenvalue weighted by atomic mass is 28.4. The molecular weight excluding hydrogens is 466 g/mol. The summed E-state index contributed by atoms with van der Waals surface area (Å²) >= 11 is 0. The largest absolute Gasteiger partial charge is 0.491 e. The molecule has 6 nitrogen and oxygen atoms in total. The van der Waals surface area contributed by atoms with Gasteiger partial charge in [0.25, 0.3) is 0 Å². The number of fused-ring (bicyclic) bond motifs is 3. The molecule has 1 atom stereocenters. The first kappa shape index (κ1) is 26.3. The van der Waals surface area contributed by atoms with E-state index in [9.17, 15) is 0 Å². The molecule has 0 radical (unpaired) electrons. The van der Waals surface area contributed by atoms with Crippen LogP contribution in [0.4, 0.5) is 0 Å². The fourth-order valence-corrected chi connectivity index (χ4v) is 5.13. The van der Waals surface area contributed by atoms with Gasteiger partial charge in [0.05, 0.1) is 42.8 Å². The van der Waals surface area contributed by atoms with Gasteiger partial charge in [-0.2, -0.15) is 0 Å². The van der Waals surface area contributed by atoms with E-state index in [1.165, 1.54) is 5.56 Å². The van der Waals surface area contributed by atoms with Crippen molar-refractivity contribution in [2.45, 2.75) is 58.3 Å². The van der Waals surface area contributed by atoms with Crippen molar-refractivity contribution in [1.82, 2.24) is 14.5 Å². The Hall–Kier alpha value is -2.74. The number of rotatable bonds is 11. The lowest BCUT2D eigenvalue weighted by Gasteiger charge is -2.36. The number of benzene rings is 2. The number of para-hydroxylation sites is 1. The molecule has 0 saturated carbocycles. The van der Waals surface area contributed by atoms with Crippen LogP contribution in [0.15, 0.2) is 61.1 Å². The molecule has 0 fully saturated rings. The summed E-state index contributed by atoms with van der Waals surface area (Å²) in [6.45, 7) is 15.8. The van der Waals surface area contributed by atoms with Gasteiger partial charge in [-0.15, -0.1) is 0 Å². The summed E-state index contributed by atoms with van der Waals surface area (Å²) < 4.78 is 20.3. The predicted molar refractivity (Wildman–Crippen MR) is 149 cm³/mol. The van der Waals surface area contributed by atoms with Crippen LogP contribution in [0.5, 0.6) is 5.75 Å². The molecular formula is C29H39N3O3Si. The Kier molecular flexibility index (Phi) is 8.12. The van der Waals surface area contributed by atoms with Crippen LogP contribution in [0, 0.1) is 0 Å². The summed E-state index contributed by atoms with van der Waals surface area (Å²) in [6, 6.07) is 16.7. The summed E-state index contributed by atoms with van der Waals surface area (Å²) in [5.74, 6) is 0.865. The Balaban J connectivity index is 1.45. The second-order valence-electron chi connectivity index (χ2n) is 10.8. The van der Waals surface area contributed by atoms with Crippen molar-refractivity contribution in [2.24, 2.45) is 0 Å². The van der Waals surface area contributed by atoms with Crippen molar-refractivity contribution in [3.8, 4) is 5.75 Å². The summed E-state index contributed by atoms with van der Waals surface area (Å²) in [4.78, 5) is 9.21. The number of hydrogen-bond donors (Lipinski definition) is 0. The van der Waals surface area contributed by atoms with Crippen LogP contribution in [-0.4, -0.2) is 49.3 Å². The Morgan fingerprint density at radius 1 is 0.944 bits per heavy atom. The van der Waals surface area contributed by atoms with Crippen molar-refractivity contribution >= 4 is 30.3 Å². The summed E-state index contributed by atoms with van der Waals surface area (Å²) in [6.07, 6.45) is 4.60. The molecule has 2 aromatic heterocycles. The molecule has 7 heteroatoms. The number of imidazole rings is 1. The number of hydrogen-bond acceptors (Lipinski definition) is 5. The van der Waals surface area contributed by atoms with E-state index in [0.717, 1.165) is 34.1 Å². The SMILES string of the molecule is CCOCC(Cc1ccc(OCCO[Si](C)(C)C(C)(C)C)cc1)n1cnc2cnc3ccccc3c21. The zero-order chi connectivity index (χ0) is 25.8. The van der Waals surface area contributed by atoms with Crippen LogP contribution >= 0.6 is 0 Å². The van der Waals surface area contributed by atoms with Gasteiger partial charge in [-0.05, 0) is 55.2 Å². The zero-order valence-corrected chi connectivity index (χ0v) is 23.5. The molecule has 0 spiro atoms. The quantitative estimate of drug-likeness (QED) is 0.166. The van der Waals surface area contributed by atoms with Gasteiger partial charge >= 0.3 is 0 Å². The molecule has 36 heavy (non-hydrogen) atoms. The molecule has 0 saturated heterocycles. The van der Waals surface area contributed by atoms with Crippen LogP contribution in [0.1, 0.15) is 39.3 Å². The second-order valence-corrected chi connectivity index (χ2v) is 15.6. The minimum absolute atomic E-state index is 0.116. The topological polar surface area (TPSA) is 58.4 Å². The third-order valence-electron chi connectivity index (χ3n) is 7.23. The van der Waals surface area contributed by atoms with E-state index < -0.39 is 8.32 Å². The Bertz CT molecular complexity index is 1280. The molecule has 0 bridgehead atoms. The maximum Gasteiger partial charge on any atom is 0.192 e. The smallest absolute Gasteiger partial charge is 0.192 e. The Morgan fingerprint density at radius 3 is 2.42 bits per heavy atom. The second kappa shape index (κ2) is 11.1. The van der Waals surface area contributed by atoms with E-state index in [2.05, 4.69) is 72.7 Å². The molecule has 192 valence electrons. The Labute approximate surface area is 215 Å². The van der Waals surface area contributed by atoms with Gasteiger partial charge < -0.3 is 18.5 Å². The monoisotopic (exact) mass is 505 g/mol. The third-order valence-corrected chi connectivity index (χ3v) is 11.8.